The minimum Gasteiger partial charge on any atom is -0.270 e. The van der Waals surface area contributed by atoms with Crippen LogP contribution in [0.4, 0.5) is 0 Å². The third-order valence-corrected chi connectivity index (χ3v) is 2.52. The standard InChI is InChI=1S/C11H14N2O2/c14-11(10-7-3-4-8-12-10)13-15-9-5-1-2-6-9/h3-4,7-9H,1-2,5-6H2,(H,13,14). The fourth-order valence-corrected chi connectivity index (χ4v) is 1.69. The Balaban J connectivity index is 1.82. The maximum Gasteiger partial charge on any atom is 0.293 e. The molecule has 1 aromatic heterocycles. The number of aromatic nitrogens is 1. The molecule has 15 heavy (non-hydrogen) atoms. The smallest absolute Gasteiger partial charge is 0.270 e. The summed E-state index contributed by atoms with van der Waals surface area (Å²) in [5.74, 6) is -0.275. The summed E-state index contributed by atoms with van der Waals surface area (Å²) in [7, 11) is 0. The molecule has 1 fully saturated rings. The second kappa shape index (κ2) is 4.89. The molecule has 1 aromatic rings. The van der Waals surface area contributed by atoms with Crippen molar-refractivity contribution in [2.75, 3.05) is 0 Å². The first-order valence-electron chi connectivity index (χ1n) is 5.23. The topological polar surface area (TPSA) is 51.2 Å². The average Bonchev–Trinajstić information content (AvgIpc) is 2.80. The van der Waals surface area contributed by atoms with Crippen molar-refractivity contribution in [1.29, 1.82) is 0 Å². The molecule has 2 rings (SSSR count). The van der Waals surface area contributed by atoms with Crippen LogP contribution in [0.1, 0.15) is 36.2 Å². The van der Waals surface area contributed by atoms with E-state index in [4.69, 9.17) is 4.84 Å². The highest BCUT2D eigenvalue weighted by atomic mass is 16.7. The van der Waals surface area contributed by atoms with Gasteiger partial charge in [0.2, 0.25) is 0 Å². The molecule has 1 aliphatic rings. The molecule has 80 valence electrons. The molecule has 1 saturated carbocycles. The van der Waals surface area contributed by atoms with E-state index in [1.54, 1.807) is 24.4 Å². The number of rotatable bonds is 3. The van der Waals surface area contributed by atoms with Crippen molar-refractivity contribution in [3.63, 3.8) is 0 Å². The number of nitrogens with zero attached hydrogens (tertiary/aromatic N) is 1. The highest BCUT2D eigenvalue weighted by molar-refractivity contribution is 5.91. The summed E-state index contributed by atoms with van der Waals surface area (Å²) < 4.78 is 0. The first-order valence-corrected chi connectivity index (χ1v) is 5.23. The van der Waals surface area contributed by atoms with Crippen molar-refractivity contribution in [1.82, 2.24) is 10.5 Å². The molecule has 1 amide bonds. The fraction of sp³-hybridized carbons (Fsp3) is 0.455. The Hall–Kier alpha value is -1.42. The average molecular weight is 206 g/mol. The maximum atomic E-state index is 11.5. The molecule has 1 N–H and O–H groups in total. The van der Waals surface area contributed by atoms with E-state index in [1.165, 1.54) is 12.8 Å². The van der Waals surface area contributed by atoms with E-state index in [1.807, 2.05) is 0 Å². The van der Waals surface area contributed by atoms with Gasteiger partial charge >= 0.3 is 0 Å². The van der Waals surface area contributed by atoms with Gasteiger partial charge in [-0.15, -0.1) is 0 Å². The summed E-state index contributed by atoms with van der Waals surface area (Å²) in [6.07, 6.45) is 6.20. The number of amides is 1. The van der Waals surface area contributed by atoms with Crippen LogP contribution >= 0.6 is 0 Å². The minimum atomic E-state index is -0.275. The molecule has 1 aliphatic carbocycles. The van der Waals surface area contributed by atoms with Gasteiger partial charge < -0.3 is 0 Å². The van der Waals surface area contributed by atoms with E-state index in [9.17, 15) is 4.79 Å². The van der Waals surface area contributed by atoms with Gasteiger partial charge in [-0.2, -0.15) is 0 Å². The largest absolute Gasteiger partial charge is 0.293 e. The van der Waals surface area contributed by atoms with Crippen LogP contribution in [0.25, 0.3) is 0 Å². The number of carbonyl (C=O) groups excluding carboxylic acids is 1. The van der Waals surface area contributed by atoms with Gasteiger partial charge in [0.1, 0.15) is 5.69 Å². The predicted molar refractivity (Wildman–Crippen MR) is 55.0 cm³/mol. The zero-order valence-electron chi connectivity index (χ0n) is 8.48. The van der Waals surface area contributed by atoms with E-state index >= 15 is 0 Å². The second-order valence-corrected chi connectivity index (χ2v) is 3.67. The van der Waals surface area contributed by atoms with E-state index in [0.29, 0.717) is 5.69 Å². The number of carbonyl (C=O) groups is 1. The van der Waals surface area contributed by atoms with Gasteiger partial charge in [0.25, 0.3) is 5.91 Å². The first-order chi connectivity index (χ1) is 7.36. The van der Waals surface area contributed by atoms with E-state index in [2.05, 4.69) is 10.5 Å². The predicted octanol–water partition coefficient (Wildman–Crippen LogP) is 1.69. The van der Waals surface area contributed by atoms with Crippen molar-refractivity contribution in [2.45, 2.75) is 31.8 Å². The summed E-state index contributed by atoms with van der Waals surface area (Å²) >= 11 is 0. The van der Waals surface area contributed by atoms with E-state index in [0.717, 1.165) is 12.8 Å². The quantitative estimate of drug-likeness (QED) is 0.765. The summed E-state index contributed by atoms with van der Waals surface area (Å²) in [6.45, 7) is 0. The van der Waals surface area contributed by atoms with Crippen molar-refractivity contribution in [3.05, 3.63) is 30.1 Å². The third-order valence-electron chi connectivity index (χ3n) is 2.52. The van der Waals surface area contributed by atoms with Gasteiger partial charge in [0.05, 0.1) is 6.10 Å². The Morgan fingerprint density at radius 1 is 1.40 bits per heavy atom. The SMILES string of the molecule is O=C(NOC1CCCC1)c1ccccn1. The highest BCUT2D eigenvalue weighted by Crippen LogP contribution is 2.19. The summed E-state index contributed by atoms with van der Waals surface area (Å²) in [6, 6.07) is 5.21. The number of hydroxylamine groups is 1. The van der Waals surface area contributed by atoms with Crippen molar-refractivity contribution in [2.24, 2.45) is 0 Å². The number of hydrogen-bond donors (Lipinski definition) is 1. The number of hydrogen-bond acceptors (Lipinski definition) is 3. The lowest BCUT2D eigenvalue weighted by Crippen LogP contribution is -2.28. The van der Waals surface area contributed by atoms with Crippen molar-refractivity contribution in [3.8, 4) is 0 Å². The van der Waals surface area contributed by atoms with Crippen LogP contribution in [0.3, 0.4) is 0 Å². The number of nitrogens with one attached hydrogen (secondary N) is 1. The lowest BCUT2D eigenvalue weighted by molar-refractivity contribution is -0.0127. The molecule has 4 heteroatoms. The van der Waals surface area contributed by atoms with Crippen LogP contribution in [-0.2, 0) is 4.84 Å². The Morgan fingerprint density at radius 3 is 2.87 bits per heavy atom. The van der Waals surface area contributed by atoms with Crippen molar-refractivity contribution >= 4 is 5.91 Å². The number of pyridine rings is 1. The molecule has 0 spiro atoms. The molecule has 1 heterocycles. The molecular weight excluding hydrogens is 192 g/mol. The van der Waals surface area contributed by atoms with Gasteiger partial charge in [-0.3, -0.25) is 14.6 Å². The second-order valence-electron chi connectivity index (χ2n) is 3.67. The van der Waals surface area contributed by atoms with Crippen LogP contribution in [-0.4, -0.2) is 17.0 Å². The zero-order chi connectivity index (χ0) is 10.5. The molecule has 0 aromatic carbocycles. The first kappa shape index (κ1) is 10.1. The highest BCUT2D eigenvalue weighted by Gasteiger charge is 2.17. The van der Waals surface area contributed by atoms with Gasteiger partial charge in [-0.05, 0) is 25.0 Å². The summed E-state index contributed by atoms with van der Waals surface area (Å²) in [5, 5.41) is 0. The summed E-state index contributed by atoms with van der Waals surface area (Å²) in [4.78, 5) is 20.7. The Kier molecular flexibility index (Phi) is 3.29. The molecule has 0 unspecified atom stereocenters. The third kappa shape index (κ3) is 2.76. The minimum absolute atomic E-state index is 0.178. The van der Waals surface area contributed by atoms with Crippen LogP contribution in [0, 0.1) is 0 Å². The lowest BCUT2D eigenvalue weighted by atomic mass is 10.3. The van der Waals surface area contributed by atoms with E-state index in [-0.39, 0.29) is 12.0 Å². The normalized spacial score (nSPS) is 16.5. The summed E-state index contributed by atoms with van der Waals surface area (Å²) in [5.41, 5.74) is 2.82. The van der Waals surface area contributed by atoms with Gasteiger partial charge in [-0.25, -0.2) is 5.48 Å². The van der Waals surface area contributed by atoms with Crippen LogP contribution < -0.4 is 5.48 Å². The van der Waals surface area contributed by atoms with E-state index < -0.39 is 0 Å². The monoisotopic (exact) mass is 206 g/mol. The Bertz CT molecular complexity index is 321. The molecule has 4 nitrogen and oxygen atoms in total. The lowest BCUT2D eigenvalue weighted by Gasteiger charge is -2.10. The molecule has 0 atom stereocenters. The van der Waals surface area contributed by atoms with Crippen LogP contribution in [0.15, 0.2) is 24.4 Å². The van der Waals surface area contributed by atoms with Gasteiger partial charge in [-0.1, -0.05) is 18.9 Å². The van der Waals surface area contributed by atoms with Gasteiger partial charge in [0, 0.05) is 6.20 Å². The molecular formula is C11H14N2O2. The molecule has 0 radical (unpaired) electrons. The van der Waals surface area contributed by atoms with Gasteiger partial charge in [0.15, 0.2) is 0 Å². The van der Waals surface area contributed by atoms with Crippen molar-refractivity contribution < 1.29 is 9.63 Å². The maximum absolute atomic E-state index is 11.5. The molecule has 0 aliphatic heterocycles. The molecule has 0 saturated heterocycles. The van der Waals surface area contributed by atoms with Crippen LogP contribution in [0.5, 0.6) is 0 Å². The Morgan fingerprint density at radius 2 is 2.20 bits per heavy atom. The Labute approximate surface area is 88.6 Å². The van der Waals surface area contributed by atoms with Crippen LogP contribution in [0.2, 0.25) is 0 Å². The molecule has 0 bridgehead atoms. The fourth-order valence-electron chi connectivity index (χ4n) is 1.69. The zero-order valence-corrected chi connectivity index (χ0v) is 8.48.